The molecule has 0 saturated heterocycles. The summed E-state index contributed by atoms with van der Waals surface area (Å²) in [6.45, 7) is 5.83. The summed E-state index contributed by atoms with van der Waals surface area (Å²) in [4.78, 5) is 0. The van der Waals surface area contributed by atoms with E-state index >= 15 is 0 Å². The fourth-order valence-corrected chi connectivity index (χ4v) is 2.48. The van der Waals surface area contributed by atoms with Crippen LogP contribution in [0, 0.1) is 6.92 Å². The first-order valence-electron chi connectivity index (χ1n) is 7.31. The summed E-state index contributed by atoms with van der Waals surface area (Å²) in [5.41, 5.74) is 5.04. The van der Waals surface area contributed by atoms with Gasteiger partial charge in [-0.3, -0.25) is 5.84 Å². The Morgan fingerprint density at radius 2 is 2.15 bits per heavy atom. The van der Waals surface area contributed by atoms with Gasteiger partial charge in [0, 0.05) is 5.39 Å². The summed E-state index contributed by atoms with van der Waals surface area (Å²) in [5, 5.41) is 1.15. The number of hydrogen-bond acceptors (Lipinski definition) is 3. The summed E-state index contributed by atoms with van der Waals surface area (Å²) in [6.07, 6.45) is 7.58. The van der Waals surface area contributed by atoms with Gasteiger partial charge in [-0.2, -0.15) is 0 Å². The second-order valence-corrected chi connectivity index (χ2v) is 5.34. The van der Waals surface area contributed by atoms with Gasteiger partial charge in [0.1, 0.15) is 11.3 Å². The Morgan fingerprint density at radius 3 is 2.90 bits per heavy atom. The maximum absolute atomic E-state index is 5.90. The molecule has 0 bridgehead atoms. The van der Waals surface area contributed by atoms with Gasteiger partial charge in [0.15, 0.2) is 0 Å². The van der Waals surface area contributed by atoms with Crippen LogP contribution in [-0.2, 0) is 0 Å². The quantitative estimate of drug-likeness (QED) is 0.324. The number of hydrogen-bond donors (Lipinski definition) is 2. The number of unbranched alkanes of at least 4 members (excludes halogenated alkanes) is 3. The zero-order valence-electron chi connectivity index (χ0n) is 12.2. The van der Waals surface area contributed by atoms with Crippen molar-refractivity contribution in [1.82, 2.24) is 5.43 Å². The third kappa shape index (κ3) is 3.71. The highest BCUT2D eigenvalue weighted by atomic mass is 16.3. The van der Waals surface area contributed by atoms with Crippen molar-refractivity contribution in [2.75, 3.05) is 0 Å². The molecule has 2 aromatic rings. The summed E-state index contributed by atoms with van der Waals surface area (Å²) in [6, 6.07) is 8.41. The minimum Gasteiger partial charge on any atom is -0.459 e. The maximum atomic E-state index is 5.90. The highest BCUT2D eigenvalue weighted by Gasteiger charge is 2.14. The fraction of sp³-hybridized carbons (Fsp3) is 0.412. The normalized spacial score (nSPS) is 12.7. The largest absolute Gasteiger partial charge is 0.459 e. The van der Waals surface area contributed by atoms with Gasteiger partial charge in [-0.15, -0.1) is 6.58 Å². The van der Waals surface area contributed by atoms with Crippen molar-refractivity contribution in [3.63, 3.8) is 0 Å². The van der Waals surface area contributed by atoms with Crippen molar-refractivity contribution < 1.29 is 4.42 Å². The molecular formula is C17H24N2O. The van der Waals surface area contributed by atoms with Gasteiger partial charge >= 0.3 is 0 Å². The van der Waals surface area contributed by atoms with Crippen LogP contribution in [0.25, 0.3) is 11.0 Å². The SMILES string of the molecule is C=CCCCCCC(NN)c1cc2cc(C)ccc2o1. The van der Waals surface area contributed by atoms with Crippen LogP contribution in [-0.4, -0.2) is 0 Å². The number of allylic oxidation sites excluding steroid dienone is 1. The van der Waals surface area contributed by atoms with E-state index in [1.807, 2.05) is 12.1 Å². The van der Waals surface area contributed by atoms with E-state index < -0.39 is 0 Å². The second kappa shape index (κ2) is 7.27. The van der Waals surface area contributed by atoms with E-state index in [0.717, 1.165) is 36.0 Å². The molecule has 1 atom stereocenters. The third-order valence-electron chi connectivity index (χ3n) is 3.64. The third-order valence-corrected chi connectivity index (χ3v) is 3.64. The Bertz CT molecular complexity index is 559. The Balaban J connectivity index is 1.99. The van der Waals surface area contributed by atoms with E-state index in [0.29, 0.717) is 0 Å². The van der Waals surface area contributed by atoms with E-state index in [1.54, 1.807) is 0 Å². The number of benzene rings is 1. The summed E-state index contributed by atoms with van der Waals surface area (Å²) in [5.74, 6) is 6.60. The molecule has 1 aromatic carbocycles. The monoisotopic (exact) mass is 272 g/mol. The van der Waals surface area contributed by atoms with Gasteiger partial charge in [0.25, 0.3) is 0 Å². The average Bonchev–Trinajstić information content (AvgIpc) is 2.85. The average molecular weight is 272 g/mol. The number of fused-ring (bicyclic) bond motifs is 1. The first-order valence-corrected chi connectivity index (χ1v) is 7.31. The van der Waals surface area contributed by atoms with E-state index in [2.05, 4.69) is 37.1 Å². The Hall–Kier alpha value is -1.58. The van der Waals surface area contributed by atoms with Gasteiger partial charge in [0.2, 0.25) is 0 Å². The topological polar surface area (TPSA) is 51.2 Å². The summed E-state index contributed by atoms with van der Waals surface area (Å²) < 4.78 is 5.90. The number of aryl methyl sites for hydroxylation is 1. The van der Waals surface area contributed by atoms with Crippen LogP contribution >= 0.6 is 0 Å². The second-order valence-electron chi connectivity index (χ2n) is 5.34. The van der Waals surface area contributed by atoms with Crippen molar-refractivity contribution in [1.29, 1.82) is 0 Å². The standard InChI is InChI=1S/C17H24N2O/c1-3-4-5-6-7-8-15(19-18)17-12-14-11-13(2)9-10-16(14)20-17/h3,9-12,15,19H,1,4-8,18H2,2H3. The predicted octanol–water partition coefficient (Wildman–Crippen LogP) is 4.38. The van der Waals surface area contributed by atoms with Gasteiger partial charge in [-0.05, 0) is 44.4 Å². The van der Waals surface area contributed by atoms with Crippen molar-refractivity contribution in [3.05, 3.63) is 48.2 Å². The van der Waals surface area contributed by atoms with Crippen LogP contribution in [0.1, 0.15) is 49.5 Å². The molecule has 0 fully saturated rings. The first kappa shape index (κ1) is 14.8. The number of nitrogens with one attached hydrogen (secondary N) is 1. The Morgan fingerprint density at radius 1 is 1.30 bits per heavy atom. The van der Waals surface area contributed by atoms with Crippen molar-refractivity contribution in [2.45, 2.75) is 45.1 Å². The molecule has 3 heteroatoms. The smallest absolute Gasteiger partial charge is 0.134 e. The lowest BCUT2D eigenvalue weighted by atomic mass is 10.1. The molecule has 0 amide bonds. The maximum Gasteiger partial charge on any atom is 0.134 e. The van der Waals surface area contributed by atoms with Gasteiger partial charge in [-0.1, -0.05) is 30.5 Å². The molecule has 0 aliphatic rings. The summed E-state index contributed by atoms with van der Waals surface area (Å²) >= 11 is 0. The fourth-order valence-electron chi connectivity index (χ4n) is 2.48. The molecule has 0 aliphatic carbocycles. The highest BCUT2D eigenvalue weighted by Crippen LogP contribution is 2.27. The molecule has 1 aromatic heterocycles. The van der Waals surface area contributed by atoms with E-state index in [4.69, 9.17) is 10.3 Å². The lowest BCUT2D eigenvalue weighted by Gasteiger charge is -2.12. The van der Waals surface area contributed by atoms with Gasteiger partial charge < -0.3 is 4.42 Å². The van der Waals surface area contributed by atoms with Crippen molar-refractivity contribution in [2.24, 2.45) is 5.84 Å². The van der Waals surface area contributed by atoms with Crippen LogP contribution in [0.15, 0.2) is 41.3 Å². The highest BCUT2D eigenvalue weighted by molar-refractivity contribution is 5.78. The molecule has 2 rings (SSSR count). The van der Waals surface area contributed by atoms with Crippen LogP contribution in [0.4, 0.5) is 0 Å². The van der Waals surface area contributed by atoms with Crippen molar-refractivity contribution in [3.8, 4) is 0 Å². The minimum absolute atomic E-state index is 0.0893. The molecule has 3 nitrogen and oxygen atoms in total. The Kier molecular flexibility index (Phi) is 5.39. The molecule has 0 spiro atoms. The molecule has 20 heavy (non-hydrogen) atoms. The molecule has 0 radical (unpaired) electrons. The minimum atomic E-state index is 0.0893. The number of nitrogens with two attached hydrogens (primary N) is 1. The van der Waals surface area contributed by atoms with Crippen LogP contribution < -0.4 is 11.3 Å². The lowest BCUT2D eigenvalue weighted by Crippen LogP contribution is -2.27. The van der Waals surface area contributed by atoms with Gasteiger partial charge in [0.05, 0.1) is 6.04 Å². The molecular weight excluding hydrogens is 248 g/mol. The van der Waals surface area contributed by atoms with Crippen LogP contribution in [0.2, 0.25) is 0 Å². The van der Waals surface area contributed by atoms with Crippen molar-refractivity contribution >= 4 is 11.0 Å². The Labute approximate surface area is 120 Å². The molecule has 0 aliphatic heterocycles. The molecule has 1 heterocycles. The van der Waals surface area contributed by atoms with E-state index in [9.17, 15) is 0 Å². The molecule has 1 unspecified atom stereocenters. The van der Waals surface area contributed by atoms with E-state index in [1.165, 1.54) is 18.4 Å². The van der Waals surface area contributed by atoms with Crippen LogP contribution in [0.5, 0.6) is 0 Å². The summed E-state index contributed by atoms with van der Waals surface area (Å²) in [7, 11) is 0. The molecule has 3 N–H and O–H groups in total. The zero-order chi connectivity index (χ0) is 14.4. The van der Waals surface area contributed by atoms with Gasteiger partial charge in [-0.25, -0.2) is 5.43 Å². The predicted molar refractivity (Wildman–Crippen MR) is 84.3 cm³/mol. The number of hydrazine groups is 1. The number of furan rings is 1. The van der Waals surface area contributed by atoms with Crippen LogP contribution in [0.3, 0.4) is 0 Å². The molecule has 0 saturated carbocycles. The molecule has 108 valence electrons. The first-order chi connectivity index (χ1) is 9.74. The number of rotatable bonds is 8. The lowest BCUT2D eigenvalue weighted by molar-refractivity contribution is 0.403. The van der Waals surface area contributed by atoms with E-state index in [-0.39, 0.29) is 6.04 Å². The zero-order valence-corrected chi connectivity index (χ0v) is 12.2.